The van der Waals surface area contributed by atoms with Crippen molar-refractivity contribution in [3.63, 3.8) is 0 Å². The minimum absolute atomic E-state index is 0.0660. The van der Waals surface area contributed by atoms with Gasteiger partial charge in [0.25, 0.3) is 11.6 Å². The molecule has 1 aliphatic heterocycles. The largest absolute Gasteiger partial charge is 0.325 e. The third kappa shape index (κ3) is 3.31. The Balaban J connectivity index is 1.52. The summed E-state index contributed by atoms with van der Waals surface area (Å²) in [4.78, 5) is 27.7. The molecule has 2 heterocycles. The predicted molar refractivity (Wildman–Crippen MR) is 104 cm³/mol. The van der Waals surface area contributed by atoms with Crippen molar-refractivity contribution in [2.24, 2.45) is 0 Å². The van der Waals surface area contributed by atoms with E-state index in [1.807, 2.05) is 18.3 Å². The number of hydrogen-bond donors (Lipinski definition) is 1. The smallest absolute Gasteiger partial charge is 0.273 e. The fourth-order valence-electron chi connectivity index (χ4n) is 3.04. The molecule has 136 valence electrons. The molecule has 0 unspecified atom stereocenters. The van der Waals surface area contributed by atoms with Gasteiger partial charge in [0, 0.05) is 46.9 Å². The van der Waals surface area contributed by atoms with Crippen LogP contribution in [0.5, 0.6) is 0 Å². The van der Waals surface area contributed by atoms with Crippen molar-refractivity contribution >= 4 is 29.0 Å². The van der Waals surface area contributed by atoms with Crippen LogP contribution in [0.2, 0.25) is 0 Å². The van der Waals surface area contributed by atoms with Gasteiger partial charge >= 0.3 is 0 Å². The summed E-state index contributed by atoms with van der Waals surface area (Å²) in [5, 5.41) is 14.9. The molecule has 1 aromatic heterocycles. The highest BCUT2D eigenvalue weighted by atomic mass is 32.2. The zero-order valence-electron chi connectivity index (χ0n) is 14.5. The van der Waals surface area contributed by atoms with E-state index >= 15 is 0 Å². The van der Waals surface area contributed by atoms with Crippen LogP contribution in [-0.2, 0) is 6.54 Å². The molecule has 0 aliphatic carbocycles. The first-order valence-electron chi connectivity index (χ1n) is 8.38. The zero-order chi connectivity index (χ0) is 19.0. The molecule has 0 saturated carbocycles. The van der Waals surface area contributed by atoms with E-state index < -0.39 is 4.92 Å². The number of aryl methyl sites for hydroxylation is 1. The van der Waals surface area contributed by atoms with Crippen LogP contribution in [0.25, 0.3) is 11.3 Å². The van der Waals surface area contributed by atoms with E-state index in [0.29, 0.717) is 11.3 Å². The van der Waals surface area contributed by atoms with E-state index in [2.05, 4.69) is 14.9 Å². The maximum absolute atomic E-state index is 12.5. The Hall–Kier alpha value is -3.13. The lowest BCUT2D eigenvalue weighted by Crippen LogP contribution is -2.14. The molecular weight excluding hydrogens is 364 g/mol. The number of imidazole rings is 1. The molecule has 2 aromatic carbocycles. The van der Waals surface area contributed by atoms with E-state index in [-0.39, 0.29) is 17.2 Å². The Labute approximate surface area is 159 Å². The maximum atomic E-state index is 12.5. The zero-order valence-corrected chi connectivity index (χ0v) is 15.3. The minimum atomic E-state index is -0.485. The molecule has 3 aromatic rings. The van der Waals surface area contributed by atoms with Crippen molar-refractivity contribution in [2.45, 2.75) is 18.6 Å². The average molecular weight is 380 g/mol. The number of nitro benzene ring substituents is 1. The Morgan fingerprint density at radius 3 is 2.74 bits per heavy atom. The van der Waals surface area contributed by atoms with Gasteiger partial charge in [-0.05, 0) is 25.1 Å². The van der Waals surface area contributed by atoms with Gasteiger partial charge in [-0.2, -0.15) is 0 Å². The molecule has 0 atom stereocenters. The fourth-order valence-corrected chi connectivity index (χ4v) is 3.98. The van der Waals surface area contributed by atoms with E-state index in [1.165, 1.54) is 12.1 Å². The summed E-state index contributed by atoms with van der Waals surface area (Å²) < 4.78 is 2.14. The number of nitrogens with one attached hydrogen (secondary N) is 1. The molecule has 0 radical (unpaired) electrons. The number of nitrogens with zero attached hydrogens (tertiary/aromatic N) is 3. The SMILES string of the molecule is Cc1c(C(=O)Nc2ccc(-c3cn4c(n3)SCC4)cc2)cccc1[N+](=O)[O-]. The van der Waals surface area contributed by atoms with Gasteiger partial charge in [0.15, 0.2) is 5.16 Å². The van der Waals surface area contributed by atoms with E-state index in [0.717, 1.165) is 28.7 Å². The van der Waals surface area contributed by atoms with Gasteiger partial charge in [-0.15, -0.1) is 0 Å². The molecule has 7 nitrogen and oxygen atoms in total. The normalized spacial score (nSPS) is 12.6. The molecule has 1 N–H and O–H groups in total. The van der Waals surface area contributed by atoms with Crippen molar-refractivity contribution < 1.29 is 9.72 Å². The average Bonchev–Trinajstić information content (AvgIpc) is 3.24. The summed E-state index contributed by atoms with van der Waals surface area (Å²) in [5.41, 5.74) is 3.07. The molecule has 27 heavy (non-hydrogen) atoms. The van der Waals surface area contributed by atoms with Gasteiger partial charge in [0.05, 0.1) is 10.6 Å². The number of thioether (sulfide) groups is 1. The lowest BCUT2D eigenvalue weighted by molar-refractivity contribution is -0.385. The summed E-state index contributed by atoms with van der Waals surface area (Å²) in [6.07, 6.45) is 2.04. The van der Waals surface area contributed by atoms with E-state index in [9.17, 15) is 14.9 Å². The van der Waals surface area contributed by atoms with Crippen molar-refractivity contribution in [3.05, 3.63) is 69.9 Å². The molecule has 0 fully saturated rings. The van der Waals surface area contributed by atoms with Gasteiger partial charge in [-0.25, -0.2) is 4.98 Å². The molecule has 1 aliphatic rings. The van der Waals surface area contributed by atoms with Gasteiger partial charge in [0.2, 0.25) is 0 Å². The van der Waals surface area contributed by atoms with Crippen LogP contribution in [0.4, 0.5) is 11.4 Å². The third-order valence-electron chi connectivity index (χ3n) is 4.49. The first-order chi connectivity index (χ1) is 13.0. The number of rotatable bonds is 4. The highest BCUT2D eigenvalue weighted by molar-refractivity contribution is 7.99. The number of aromatic nitrogens is 2. The number of benzene rings is 2. The van der Waals surface area contributed by atoms with E-state index in [4.69, 9.17) is 0 Å². The van der Waals surface area contributed by atoms with Gasteiger partial charge in [-0.3, -0.25) is 14.9 Å². The van der Waals surface area contributed by atoms with Gasteiger partial charge in [0.1, 0.15) is 0 Å². The standard InChI is InChI=1S/C19H16N4O3S/c1-12-15(3-2-4-17(12)23(25)26)18(24)20-14-7-5-13(6-8-14)16-11-22-9-10-27-19(22)21-16/h2-8,11H,9-10H2,1H3,(H,20,24). The highest BCUT2D eigenvalue weighted by Gasteiger charge is 2.18. The highest BCUT2D eigenvalue weighted by Crippen LogP contribution is 2.29. The molecule has 1 amide bonds. The minimum Gasteiger partial charge on any atom is -0.325 e. The Morgan fingerprint density at radius 2 is 2.04 bits per heavy atom. The second-order valence-corrected chi connectivity index (χ2v) is 7.25. The first-order valence-corrected chi connectivity index (χ1v) is 9.37. The van der Waals surface area contributed by atoms with Gasteiger partial charge < -0.3 is 9.88 Å². The summed E-state index contributed by atoms with van der Waals surface area (Å²) in [7, 11) is 0. The summed E-state index contributed by atoms with van der Waals surface area (Å²) in [5.74, 6) is 0.686. The van der Waals surface area contributed by atoms with Crippen molar-refractivity contribution in [1.82, 2.24) is 9.55 Å². The molecule has 0 saturated heterocycles. The second kappa shape index (κ2) is 6.88. The lowest BCUT2D eigenvalue weighted by atomic mass is 10.1. The molecular formula is C19H16N4O3S. The number of amides is 1. The number of carbonyl (C=O) groups is 1. The van der Waals surface area contributed by atoms with Crippen LogP contribution in [0.1, 0.15) is 15.9 Å². The number of carbonyl (C=O) groups excluding carboxylic acids is 1. The lowest BCUT2D eigenvalue weighted by Gasteiger charge is -2.08. The van der Waals surface area contributed by atoms with Crippen LogP contribution in [-0.4, -0.2) is 26.1 Å². The van der Waals surface area contributed by atoms with Crippen molar-refractivity contribution in [2.75, 3.05) is 11.1 Å². The summed E-state index contributed by atoms with van der Waals surface area (Å²) in [6.45, 7) is 2.55. The predicted octanol–water partition coefficient (Wildman–Crippen LogP) is 4.12. The Bertz CT molecular complexity index is 1020. The fraction of sp³-hybridized carbons (Fsp3) is 0.158. The Morgan fingerprint density at radius 1 is 1.26 bits per heavy atom. The van der Waals surface area contributed by atoms with Crippen LogP contribution in [0, 0.1) is 17.0 Å². The molecule has 0 spiro atoms. The molecule has 4 rings (SSSR count). The van der Waals surface area contributed by atoms with E-state index in [1.54, 1.807) is 36.9 Å². The number of nitro groups is 1. The van der Waals surface area contributed by atoms with Crippen LogP contribution in [0.3, 0.4) is 0 Å². The van der Waals surface area contributed by atoms with Crippen LogP contribution >= 0.6 is 11.8 Å². The van der Waals surface area contributed by atoms with Crippen molar-refractivity contribution in [1.29, 1.82) is 0 Å². The van der Waals surface area contributed by atoms with Gasteiger partial charge in [-0.1, -0.05) is 30.0 Å². The summed E-state index contributed by atoms with van der Waals surface area (Å²) >= 11 is 1.74. The Kier molecular flexibility index (Phi) is 4.41. The quantitative estimate of drug-likeness (QED) is 0.543. The third-order valence-corrected chi connectivity index (χ3v) is 5.46. The second-order valence-electron chi connectivity index (χ2n) is 6.19. The molecule has 0 bridgehead atoms. The van der Waals surface area contributed by atoms with Crippen molar-refractivity contribution in [3.8, 4) is 11.3 Å². The van der Waals surface area contributed by atoms with Crippen LogP contribution < -0.4 is 5.32 Å². The van der Waals surface area contributed by atoms with Crippen LogP contribution in [0.15, 0.2) is 53.8 Å². The number of hydrogen-bond acceptors (Lipinski definition) is 5. The first kappa shape index (κ1) is 17.3. The monoisotopic (exact) mass is 380 g/mol. The number of fused-ring (bicyclic) bond motifs is 1. The topological polar surface area (TPSA) is 90.1 Å². The molecule has 8 heteroatoms. The number of anilines is 1. The summed E-state index contributed by atoms with van der Waals surface area (Å²) in [6, 6.07) is 11.9. The maximum Gasteiger partial charge on any atom is 0.273 e.